The minimum absolute atomic E-state index is 0.217. The lowest BCUT2D eigenvalue weighted by Crippen LogP contribution is -2.53. The summed E-state index contributed by atoms with van der Waals surface area (Å²) in [4.78, 5) is 0. The van der Waals surface area contributed by atoms with Crippen molar-refractivity contribution in [1.82, 2.24) is 5.32 Å². The fourth-order valence-electron chi connectivity index (χ4n) is 2.75. The summed E-state index contributed by atoms with van der Waals surface area (Å²) in [5, 5.41) is 3.65. The van der Waals surface area contributed by atoms with Crippen molar-refractivity contribution in [1.29, 1.82) is 0 Å². The van der Waals surface area contributed by atoms with Crippen molar-refractivity contribution in [2.24, 2.45) is 17.6 Å². The second-order valence-corrected chi connectivity index (χ2v) is 5.57. The minimum atomic E-state index is 0.217. The Balaban J connectivity index is 2.41. The summed E-state index contributed by atoms with van der Waals surface area (Å²) in [6, 6.07) is 0. The van der Waals surface area contributed by atoms with E-state index >= 15 is 0 Å². The Kier molecular flexibility index (Phi) is 5.50. The molecule has 1 aliphatic rings. The predicted molar refractivity (Wildman–Crippen MR) is 71.4 cm³/mol. The van der Waals surface area contributed by atoms with E-state index in [1.54, 1.807) is 0 Å². The van der Waals surface area contributed by atoms with Crippen molar-refractivity contribution in [3.8, 4) is 0 Å². The van der Waals surface area contributed by atoms with Crippen LogP contribution in [0, 0.1) is 11.8 Å². The molecule has 0 atom stereocenters. The zero-order chi connectivity index (χ0) is 12.0. The van der Waals surface area contributed by atoms with Gasteiger partial charge >= 0.3 is 0 Å². The van der Waals surface area contributed by atoms with E-state index in [2.05, 4.69) is 25.7 Å². The van der Waals surface area contributed by atoms with Gasteiger partial charge in [-0.1, -0.05) is 19.9 Å². The first kappa shape index (κ1) is 13.7. The van der Waals surface area contributed by atoms with Crippen LogP contribution in [0.2, 0.25) is 0 Å². The summed E-state index contributed by atoms with van der Waals surface area (Å²) < 4.78 is 0. The Labute approximate surface area is 101 Å². The molecule has 1 aliphatic carbocycles. The number of hydrogen-bond acceptors (Lipinski definition) is 2. The summed E-state index contributed by atoms with van der Waals surface area (Å²) in [5.41, 5.74) is 6.17. The molecule has 0 amide bonds. The molecule has 94 valence electrons. The van der Waals surface area contributed by atoms with Gasteiger partial charge in [0.25, 0.3) is 0 Å². The molecule has 0 heterocycles. The SMILES string of the molecule is C=CCCNC1(CN)CCC(C(C)C)CC1. The van der Waals surface area contributed by atoms with Crippen LogP contribution in [0.15, 0.2) is 12.7 Å². The van der Waals surface area contributed by atoms with Gasteiger partial charge < -0.3 is 11.1 Å². The molecule has 0 aromatic rings. The van der Waals surface area contributed by atoms with E-state index < -0.39 is 0 Å². The van der Waals surface area contributed by atoms with Gasteiger partial charge in [-0.15, -0.1) is 6.58 Å². The molecule has 1 rings (SSSR count). The third-order valence-electron chi connectivity index (χ3n) is 4.17. The van der Waals surface area contributed by atoms with Crippen LogP contribution in [0.4, 0.5) is 0 Å². The lowest BCUT2D eigenvalue weighted by atomic mass is 9.73. The standard InChI is InChI=1S/C14H28N2/c1-4-5-10-16-14(11-15)8-6-13(7-9-14)12(2)3/h4,12-13,16H,1,5-11,15H2,2-3H3. The van der Waals surface area contributed by atoms with Gasteiger partial charge in [-0.2, -0.15) is 0 Å². The van der Waals surface area contributed by atoms with Gasteiger partial charge in [0.2, 0.25) is 0 Å². The molecule has 0 aromatic heterocycles. The van der Waals surface area contributed by atoms with Crippen LogP contribution in [0.1, 0.15) is 46.0 Å². The molecule has 0 aromatic carbocycles. The number of nitrogens with two attached hydrogens (primary N) is 1. The average molecular weight is 224 g/mol. The summed E-state index contributed by atoms with van der Waals surface area (Å²) in [5.74, 6) is 1.73. The van der Waals surface area contributed by atoms with E-state index in [4.69, 9.17) is 5.73 Å². The average Bonchev–Trinajstić information content (AvgIpc) is 2.30. The highest BCUT2D eigenvalue weighted by Gasteiger charge is 2.34. The molecular weight excluding hydrogens is 196 g/mol. The fraction of sp³-hybridized carbons (Fsp3) is 0.857. The largest absolute Gasteiger partial charge is 0.329 e. The highest BCUT2D eigenvalue weighted by Crippen LogP contribution is 2.35. The van der Waals surface area contributed by atoms with Gasteiger partial charge in [0, 0.05) is 12.1 Å². The smallest absolute Gasteiger partial charge is 0.0304 e. The number of nitrogens with one attached hydrogen (secondary N) is 1. The quantitative estimate of drug-likeness (QED) is 0.538. The molecule has 0 spiro atoms. The van der Waals surface area contributed by atoms with Crippen LogP contribution in [-0.2, 0) is 0 Å². The third-order valence-corrected chi connectivity index (χ3v) is 4.17. The van der Waals surface area contributed by atoms with Crippen molar-refractivity contribution in [2.45, 2.75) is 51.5 Å². The topological polar surface area (TPSA) is 38.0 Å². The zero-order valence-corrected chi connectivity index (χ0v) is 11.0. The summed E-state index contributed by atoms with van der Waals surface area (Å²) >= 11 is 0. The van der Waals surface area contributed by atoms with Gasteiger partial charge in [0.15, 0.2) is 0 Å². The monoisotopic (exact) mass is 224 g/mol. The zero-order valence-electron chi connectivity index (χ0n) is 11.0. The first-order valence-electron chi connectivity index (χ1n) is 6.69. The molecule has 0 saturated heterocycles. The molecule has 16 heavy (non-hydrogen) atoms. The molecule has 2 nitrogen and oxygen atoms in total. The second kappa shape index (κ2) is 6.41. The first-order valence-corrected chi connectivity index (χ1v) is 6.69. The van der Waals surface area contributed by atoms with Gasteiger partial charge in [-0.3, -0.25) is 0 Å². The number of hydrogen-bond donors (Lipinski definition) is 2. The summed E-state index contributed by atoms with van der Waals surface area (Å²) in [7, 11) is 0. The van der Waals surface area contributed by atoms with Gasteiger partial charge in [0.05, 0.1) is 0 Å². The maximum Gasteiger partial charge on any atom is 0.0304 e. The van der Waals surface area contributed by atoms with Gasteiger partial charge in [-0.05, 0) is 50.5 Å². The van der Waals surface area contributed by atoms with Crippen LogP contribution in [0.5, 0.6) is 0 Å². The highest BCUT2D eigenvalue weighted by molar-refractivity contribution is 4.94. The molecule has 0 bridgehead atoms. The predicted octanol–water partition coefficient (Wildman–Crippen LogP) is 2.70. The number of rotatable bonds is 6. The second-order valence-electron chi connectivity index (χ2n) is 5.57. The Morgan fingerprint density at radius 3 is 2.50 bits per heavy atom. The maximum absolute atomic E-state index is 5.95. The maximum atomic E-state index is 5.95. The van der Waals surface area contributed by atoms with Crippen LogP contribution in [0.25, 0.3) is 0 Å². The fourth-order valence-corrected chi connectivity index (χ4v) is 2.75. The Bertz CT molecular complexity index is 203. The van der Waals surface area contributed by atoms with E-state index in [9.17, 15) is 0 Å². The van der Waals surface area contributed by atoms with Crippen molar-refractivity contribution >= 4 is 0 Å². The van der Waals surface area contributed by atoms with Crippen LogP contribution >= 0.6 is 0 Å². The lowest BCUT2D eigenvalue weighted by Gasteiger charge is -2.41. The van der Waals surface area contributed by atoms with Gasteiger partial charge in [-0.25, -0.2) is 0 Å². The van der Waals surface area contributed by atoms with E-state index in [-0.39, 0.29) is 5.54 Å². The van der Waals surface area contributed by atoms with E-state index in [0.29, 0.717) is 0 Å². The van der Waals surface area contributed by atoms with Crippen molar-refractivity contribution in [3.05, 3.63) is 12.7 Å². The molecule has 1 fully saturated rings. The van der Waals surface area contributed by atoms with Crippen molar-refractivity contribution in [3.63, 3.8) is 0 Å². The first-order chi connectivity index (χ1) is 7.63. The molecule has 2 heteroatoms. The van der Waals surface area contributed by atoms with Crippen LogP contribution in [0.3, 0.4) is 0 Å². The third kappa shape index (κ3) is 3.60. The van der Waals surface area contributed by atoms with Gasteiger partial charge in [0.1, 0.15) is 0 Å². The molecule has 3 N–H and O–H groups in total. The van der Waals surface area contributed by atoms with Crippen molar-refractivity contribution in [2.75, 3.05) is 13.1 Å². The van der Waals surface area contributed by atoms with E-state index in [0.717, 1.165) is 31.3 Å². The van der Waals surface area contributed by atoms with E-state index in [1.807, 2.05) is 6.08 Å². The normalized spacial score (nSPS) is 30.6. The summed E-state index contributed by atoms with van der Waals surface area (Å²) in [6.45, 7) is 10.2. The van der Waals surface area contributed by atoms with Crippen LogP contribution < -0.4 is 11.1 Å². The molecular formula is C14H28N2. The molecule has 0 aliphatic heterocycles. The Morgan fingerprint density at radius 2 is 2.06 bits per heavy atom. The van der Waals surface area contributed by atoms with Crippen molar-refractivity contribution < 1.29 is 0 Å². The molecule has 0 unspecified atom stereocenters. The summed E-state index contributed by atoms with van der Waals surface area (Å²) in [6.07, 6.45) is 8.14. The minimum Gasteiger partial charge on any atom is -0.329 e. The van der Waals surface area contributed by atoms with Crippen LogP contribution in [-0.4, -0.2) is 18.6 Å². The molecule has 0 radical (unpaired) electrons. The Hall–Kier alpha value is -0.340. The Morgan fingerprint density at radius 1 is 1.44 bits per heavy atom. The lowest BCUT2D eigenvalue weighted by molar-refractivity contribution is 0.167. The van der Waals surface area contributed by atoms with E-state index in [1.165, 1.54) is 25.7 Å². The molecule has 1 saturated carbocycles. The highest BCUT2D eigenvalue weighted by atomic mass is 15.0.